The number of aromatic nitrogens is 1. The summed E-state index contributed by atoms with van der Waals surface area (Å²) in [6.45, 7) is 7.71. The van der Waals surface area contributed by atoms with E-state index < -0.39 is 0 Å². The van der Waals surface area contributed by atoms with Gasteiger partial charge in [0.2, 0.25) is 0 Å². The highest BCUT2D eigenvalue weighted by Crippen LogP contribution is 2.27. The molecule has 0 N–H and O–H groups in total. The smallest absolute Gasteiger partial charge is 0.305 e. The summed E-state index contributed by atoms with van der Waals surface area (Å²) in [5.41, 5.74) is 1.58. The Morgan fingerprint density at radius 1 is 0.941 bits per heavy atom. The second-order valence-corrected chi connectivity index (χ2v) is 9.42. The first-order valence-electron chi connectivity index (χ1n) is 13.1. The summed E-state index contributed by atoms with van der Waals surface area (Å²) in [6.07, 6.45) is 12.9. The van der Waals surface area contributed by atoms with Crippen LogP contribution < -0.4 is 4.74 Å². The number of aryl methyl sites for hydroxylation is 2. The molecular weight excluding hydrogens is 449 g/mol. The maximum Gasteiger partial charge on any atom is 0.305 e. The van der Waals surface area contributed by atoms with Crippen molar-refractivity contribution in [2.45, 2.75) is 104 Å². The van der Waals surface area contributed by atoms with Gasteiger partial charge in [0.15, 0.2) is 5.82 Å². The van der Waals surface area contributed by atoms with Crippen LogP contribution in [0.2, 0.25) is 0 Å². The fourth-order valence-corrected chi connectivity index (χ4v) is 4.45. The summed E-state index contributed by atoms with van der Waals surface area (Å²) < 4.78 is 28.0. The predicted molar refractivity (Wildman–Crippen MR) is 141 cm³/mol. The lowest BCUT2D eigenvalue weighted by Crippen LogP contribution is -2.07. The molecule has 0 unspecified atom stereocenters. The first-order valence-corrected chi connectivity index (χ1v) is 13.5. The fourth-order valence-electron chi connectivity index (χ4n) is 4.11. The van der Waals surface area contributed by atoms with E-state index in [2.05, 4.69) is 6.92 Å². The highest BCUT2D eigenvalue weighted by atomic mass is 32.1. The number of benzene rings is 1. The Balaban J connectivity index is 1.66. The summed E-state index contributed by atoms with van der Waals surface area (Å²) in [5, 5.41) is 0.878. The molecule has 0 fully saturated rings. The number of carbonyl (C=O) groups excluding carboxylic acids is 1. The zero-order valence-electron chi connectivity index (χ0n) is 21.3. The number of fused-ring (bicyclic) bond motifs is 1. The van der Waals surface area contributed by atoms with E-state index in [1.807, 2.05) is 29.7 Å². The monoisotopic (exact) mass is 491 g/mol. The maximum atomic E-state index is 14.7. The fraction of sp³-hybridized carbons (Fsp3) is 0.643. The third-order valence-corrected chi connectivity index (χ3v) is 6.67. The van der Waals surface area contributed by atoms with Crippen LogP contribution in [0, 0.1) is 17.4 Å². The molecule has 0 saturated carbocycles. The van der Waals surface area contributed by atoms with Crippen molar-refractivity contribution < 1.29 is 18.7 Å². The third kappa shape index (κ3) is 9.01. The Hall–Kier alpha value is -1.95. The number of rotatable bonds is 17. The zero-order valence-corrected chi connectivity index (χ0v) is 22.1. The van der Waals surface area contributed by atoms with E-state index in [0.717, 1.165) is 61.7 Å². The van der Waals surface area contributed by atoms with Crippen LogP contribution in [0.5, 0.6) is 5.75 Å². The average Bonchev–Trinajstić information content (AvgIpc) is 2.85. The molecule has 0 spiro atoms. The third-order valence-electron chi connectivity index (χ3n) is 6.27. The Morgan fingerprint density at radius 2 is 1.56 bits per heavy atom. The predicted octanol–water partition coefficient (Wildman–Crippen LogP) is 8.46. The van der Waals surface area contributed by atoms with E-state index >= 15 is 0 Å². The van der Waals surface area contributed by atoms with Gasteiger partial charge in [-0.1, -0.05) is 77.4 Å². The molecule has 0 saturated heterocycles. The van der Waals surface area contributed by atoms with Gasteiger partial charge in [-0.2, -0.15) is 0 Å². The van der Waals surface area contributed by atoms with E-state index in [9.17, 15) is 9.18 Å². The quantitative estimate of drug-likeness (QED) is 0.126. The number of pyridine rings is 1. The van der Waals surface area contributed by atoms with Crippen LogP contribution in [-0.2, 0) is 16.1 Å². The van der Waals surface area contributed by atoms with E-state index in [1.54, 1.807) is 6.92 Å². The van der Waals surface area contributed by atoms with Crippen molar-refractivity contribution in [1.82, 2.24) is 4.57 Å². The minimum atomic E-state index is -0.296. The minimum absolute atomic E-state index is 0.102. The van der Waals surface area contributed by atoms with Gasteiger partial charge in [-0.25, -0.2) is 4.39 Å². The van der Waals surface area contributed by atoms with Crippen LogP contribution in [0.4, 0.5) is 4.39 Å². The van der Waals surface area contributed by atoms with Gasteiger partial charge in [-0.15, -0.1) is 0 Å². The Labute approximate surface area is 209 Å². The van der Waals surface area contributed by atoms with Gasteiger partial charge >= 0.3 is 5.97 Å². The van der Waals surface area contributed by atoms with Crippen molar-refractivity contribution in [1.29, 1.82) is 0 Å². The topological polar surface area (TPSA) is 40.5 Å². The molecule has 0 aliphatic heterocycles. The molecular formula is C28H42FNO3S. The minimum Gasteiger partial charge on any atom is -0.494 e. The van der Waals surface area contributed by atoms with Gasteiger partial charge in [0.05, 0.1) is 13.2 Å². The maximum absolute atomic E-state index is 14.7. The Morgan fingerprint density at radius 3 is 2.18 bits per heavy atom. The highest BCUT2D eigenvalue weighted by molar-refractivity contribution is 7.71. The lowest BCUT2D eigenvalue weighted by atomic mass is 10.1. The number of halogens is 1. The molecule has 1 aromatic carbocycles. The lowest BCUT2D eigenvalue weighted by molar-refractivity contribution is -0.143. The van der Waals surface area contributed by atoms with Gasteiger partial charge in [0.25, 0.3) is 0 Å². The second-order valence-electron chi connectivity index (χ2n) is 9.03. The Bertz CT molecular complexity index is 957. The van der Waals surface area contributed by atoms with Gasteiger partial charge in [0, 0.05) is 23.9 Å². The highest BCUT2D eigenvalue weighted by Gasteiger charge is 2.12. The first-order chi connectivity index (χ1) is 16.5. The van der Waals surface area contributed by atoms with Crippen LogP contribution >= 0.6 is 12.2 Å². The number of carbonyl (C=O) groups is 1. The number of ether oxygens (including phenoxy) is 2. The summed E-state index contributed by atoms with van der Waals surface area (Å²) in [5.74, 6) is 0.393. The molecule has 1 aromatic heterocycles. The number of nitrogens with zero attached hydrogens (tertiary/aromatic N) is 1. The molecule has 6 heteroatoms. The van der Waals surface area contributed by atoms with Gasteiger partial charge in [-0.3, -0.25) is 4.79 Å². The van der Waals surface area contributed by atoms with Crippen molar-refractivity contribution in [2.75, 3.05) is 13.2 Å². The van der Waals surface area contributed by atoms with Crippen LogP contribution in [0.1, 0.15) is 96.5 Å². The molecule has 2 aromatic rings. The number of unbranched alkanes of at least 4 members (excludes halogenated alkanes) is 9. The SMILES string of the molecule is CCCCn1c(=S)c(F)c(C)c2cc(OCCCCCCCCCCCOC(=O)CC)ccc21. The van der Waals surface area contributed by atoms with Crippen LogP contribution in [-0.4, -0.2) is 23.8 Å². The molecule has 0 radical (unpaired) electrons. The lowest BCUT2D eigenvalue weighted by Gasteiger charge is -2.15. The van der Waals surface area contributed by atoms with Crippen LogP contribution in [0.3, 0.4) is 0 Å². The summed E-state index contributed by atoms with van der Waals surface area (Å²) in [4.78, 5) is 11.1. The molecule has 2 rings (SSSR count). The normalized spacial score (nSPS) is 11.2. The molecule has 0 aliphatic carbocycles. The van der Waals surface area contributed by atoms with Crippen molar-refractivity contribution in [3.63, 3.8) is 0 Å². The molecule has 190 valence electrons. The number of esters is 1. The molecule has 0 bridgehead atoms. The van der Waals surface area contributed by atoms with Crippen molar-refractivity contribution >= 4 is 29.1 Å². The zero-order chi connectivity index (χ0) is 24.8. The van der Waals surface area contributed by atoms with Crippen molar-refractivity contribution in [3.05, 3.63) is 34.2 Å². The number of hydrogen-bond donors (Lipinski definition) is 0. The van der Waals surface area contributed by atoms with Crippen molar-refractivity contribution in [2.24, 2.45) is 0 Å². The second kappa shape index (κ2) is 15.9. The van der Waals surface area contributed by atoms with Crippen molar-refractivity contribution in [3.8, 4) is 5.75 Å². The molecule has 0 atom stereocenters. The summed E-state index contributed by atoms with van der Waals surface area (Å²) in [6, 6.07) is 5.94. The largest absolute Gasteiger partial charge is 0.494 e. The first kappa shape index (κ1) is 28.3. The molecule has 0 aliphatic rings. The summed E-state index contributed by atoms with van der Waals surface area (Å²) >= 11 is 5.37. The van der Waals surface area contributed by atoms with Gasteiger partial charge in [-0.05, 0) is 49.9 Å². The van der Waals surface area contributed by atoms with E-state index in [-0.39, 0.29) is 11.8 Å². The van der Waals surface area contributed by atoms with E-state index in [0.29, 0.717) is 29.8 Å². The standard InChI is InChI=1S/C28H42FNO3S/c1-4-6-18-30-25-17-16-23(21-24(25)22(3)27(29)28(30)34)32-19-14-12-10-8-7-9-11-13-15-20-33-26(31)5-2/h16-17,21H,4-15,18-20H2,1-3H3. The summed E-state index contributed by atoms with van der Waals surface area (Å²) in [7, 11) is 0. The Kier molecular flexibility index (Phi) is 13.2. The van der Waals surface area contributed by atoms with E-state index in [4.69, 9.17) is 21.7 Å². The van der Waals surface area contributed by atoms with E-state index in [1.165, 1.54) is 32.1 Å². The average molecular weight is 492 g/mol. The van der Waals surface area contributed by atoms with Gasteiger partial charge < -0.3 is 14.0 Å². The van der Waals surface area contributed by atoms with Gasteiger partial charge in [0.1, 0.15) is 10.4 Å². The molecule has 34 heavy (non-hydrogen) atoms. The van der Waals surface area contributed by atoms with Crippen LogP contribution in [0.15, 0.2) is 18.2 Å². The molecule has 0 amide bonds. The molecule has 4 nitrogen and oxygen atoms in total. The van der Waals surface area contributed by atoms with Crippen LogP contribution in [0.25, 0.3) is 10.9 Å². The number of hydrogen-bond acceptors (Lipinski definition) is 4. The molecule has 1 heterocycles.